The van der Waals surface area contributed by atoms with Crippen molar-refractivity contribution in [2.24, 2.45) is 0 Å². The molecule has 1 heterocycles. The van der Waals surface area contributed by atoms with Gasteiger partial charge in [-0.05, 0) is 15.9 Å². The van der Waals surface area contributed by atoms with E-state index >= 15 is 0 Å². The van der Waals surface area contributed by atoms with Crippen LogP contribution >= 0.6 is 27.5 Å². The predicted octanol–water partition coefficient (Wildman–Crippen LogP) is 1.96. The summed E-state index contributed by atoms with van der Waals surface area (Å²) in [6.07, 6.45) is 1.65. The number of rotatable bonds is 1. The summed E-state index contributed by atoms with van der Waals surface area (Å²) in [5, 5.41) is 0.385. The van der Waals surface area contributed by atoms with Crippen molar-refractivity contribution in [3.8, 4) is 0 Å². The fraction of sp³-hybridized carbons (Fsp3) is 0.333. The molecule has 5 heteroatoms. The van der Waals surface area contributed by atoms with Crippen LogP contribution in [0, 0.1) is 0 Å². The highest BCUT2D eigenvalue weighted by atomic mass is 79.9. The lowest BCUT2D eigenvalue weighted by molar-refractivity contribution is 1.03. The summed E-state index contributed by atoms with van der Waals surface area (Å²) in [6, 6.07) is 0. The Morgan fingerprint density at radius 1 is 1.55 bits per heavy atom. The Balaban J connectivity index is 3.05. The van der Waals surface area contributed by atoms with E-state index in [1.54, 1.807) is 6.20 Å². The molecule has 0 spiro atoms. The Bertz CT molecular complexity index is 264. The molecule has 0 aliphatic carbocycles. The minimum absolute atomic E-state index is 0.385. The highest BCUT2D eigenvalue weighted by molar-refractivity contribution is 9.10. The van der Waals surface area contributed by atoms with Crippen molar-refractivity contribution in [3.63, 3.8) is 0 Å². The van der Waals surface area contributed by atoms with Gasteiger partial charge in [0.05, 0.1) is 6.20 Å². The highest BCUT2D eigenvalue weighted by Crippen LogP contribution is 2.19. The molecule has 0 amide bonds. The fourth-order valence-electron chi connectivity index (χ4n) is 0.559. The van der Waals surface area contributed by atoms with Gasteiger partial charge in [0, 0.05) is 14.1 Å². The monoisotopic (exact) mass is 235 g/mol. The molecule has 0 saturated heterocycles. The molecule has 0 saturated carbocycles. The molecular weight excluding hydrogens is 229 g/mol. The highest BCUT2D eigenvalue weighted by Gasteiger charge is 2.02. The molecule has 0 fully saturated rings. The molecule has 3 nitrogen and oxygen atoms in total. The first-order valence-electron chi connectivity index (χ1n) is 2.96. The molecule has 0 unspecified atom stereocenters. The minimum Gasteiger partial charge on any atom is -0.361 e. The van der Waals surface area contributed by atoms with Crippen molar-refractivity contribution in [2.75, 3.05) is 19.0 Å². The Morgan fingerprint density at radius 2 is 2.18 bits per heavy atom. The molecule has 0 aliphatic heterocycles. The molecule has 11 heavy (non-hydrogen) atoms. The van der Waals surface area contributed by atoms with E-state index in [4.69, 9.17) is 11.6 Å². The lowest BCUT2D eigenvalue weighted by Crippen LogP contribution is -2.10. The van der Waals surface area contributed by atoms with E-state index in [-0.39, 0.29) is 0 Å². The first-order chi connectivity index (χ1) is 5.11. The minimum atomic E-state index is 0.385. The predicted molar refractivity (Wildman–Crippen MR) is 49.1 cm³/mol. The molecule has 0 aromatic carbocycles. The van der Waals surface area contributed by atoms with E-state index in [0.29, 0.717) is 9.76 Å². The van der Waals surface area contributed by atoms with Gasteiger partial charge in [-0.2, -0.15) is 0 Å². The smallest absolute Gasteiger partial charge is 0.164 e. The fourth-order valence-corrected chi connectivity index (χ4v) is 0.885. The largest absolute Gasteiger partial charge is 0.361 e. The van der Waals surface area contributed by atoms with Crippen molar-refractivity contribution in [2.45, 2.75) is 0 Å². The summed E-state index contributed by atoms with van der Waals surface area (Å²) < 4.78 is 0.574. The molecule has 0 atom stereocenters. The SMILES string of the molecule is CN(C)c1cnc(Br)c(Cl)n1. The molecular formula is C6H7BrClN3. The van der Waals surface area contributed by atoms with Crippen molar-refractivity contribution in [3.05, 3.63) is 16.0 Å². The van der Waals surface area contributed by atoms with Crippen molar-refractivity contribution >= 4 is 33.3 Å². The second-order valence-corrected chi connectivity index (χ2v) is 3.31. The topological polar surface area (TPSA) is 29.0 Å². The number of anilines is 1. The molecule has 0 N–H and O–H groups in total. The van der Waals surface area contributed by atoms with Gasteiger partial charge in [0.15, 0.2) is 5.15 Å². The van der Waals surface area contributed by atoms with E-state index in [9.17, 15) is 0 Å². The third kappa shape index (κ3) is 2.04. The quantitative estimate of drug-likeness (QED) is 0.746. The number of hydrogen-bond donors (Lipinski definition) is 0. The number of hydrogen-bond acceptors (Lipinski definition) is 3. The average molecular weight is 236 g/mol. The van der Waals surface area contributed by atoms with Crippen LogP contribution in [0.2, 0.25) is 5.15 Å². The van der Waals surface area contributed by atoms with Crippen molar-refractivity contribution in [1.29, 1.82) is 0 Å². The van der Waals surface area contributed by atoms with Crippen LogP contribution in [0.3, 0.4) is 0 Å². The Kier molecular flexibility index (Phi) is 2.67. The summed E-state index contributed by atoms with van der Waals surface area (Å²) in [5.74, 6) is 0.748. The van der Waals surface area contributed by atoms with Gasteiger partial charge in [-0.25, -0.2) is 9.97 Å². The summed E-state index contributed by atoms with van der Waals surface area (Å²) >= 11 is 8.87. The number of nitrogens with zero attached hydrogens (tertiary/aromatic N) is 3. The van der Waals surface area contributed by atoms with Crippen LogP contribution < -0.4 is 4.90 Å². The van der Waals surface area contributed by atoms with Crippen LogP contribution in [0.4, 0.5) is 5.82 Å². The Hall–Kier alpha value is -0.350. The van der Waals surface area contributed by atoms with Crippen LogP contribution in [0.5, 0.6) is 0 Å². The van der Waals surface area contributed by atoms with Crippen LogP contribution in [0.15, 0.2) is 10.8 Å². The van der Waals surface area contributed by atoms with Gasteiger partial charge in [0.2, 0.25) is 0 Å². The Labute approximate surface area is 78.5 Å². The standard InChI is InChI=1S/C6H7BrClN3/c1-11(2)4-3-9-5(7)6(8)10-4/h3H,1-2H3. The molecule has 60 valence electrons. The lowest BCUT2D eigenvalue weighted by atomic mass is 10.6. The van der Waals surface area contributed by atoms with Crippen LogP contribution in [0.1, 0.15) is 0 Å². The van der Waals surface area contributed by atoms with Crippen LogP contribution in [0.25, 0.3) is 0 Å². The molecule has 0 bridgehead atoms. The first-order valence-corrected chi connectivity index (χ1v) is 4.13. The van der Waals surface area contributed by atoms with Gasteiger partial charge < -0.3 is 4.90 Å². The summed E-state index contributed by atoms with van der Waals surface area (Å²) in [5.41, 5.74) is 0. The van der Waals surface area contributed by atoms with E-state index in [0.717, 1.165) is 5.82 Å². The Morgan fingerprint density at radius 3 is 2.64 bits per heavy atom. The normalized spacial score (nSPS) is 9.82. The molecule has 1 aromatic heterocycles. The second kappa shape index (κ2) is 3.36. The zero-order chi connectivity index (χ0) is 8.43. The number of aromatic nitrogens is 2. The average Bonchev–Trinajstić information content (AvgIpc) is 1.94. The summed E-state index contributed by atoms with van der Waals surface area (Å²) in [6.45, 7) is 0. The third-order valence-corrected chi connectivity index (χ3v) is 2.21. The van der Waals surface area contributed by atoms with Gasteiger partial charge in [0.25, 0.3) is 0 Å². The zero-order valence-electron chi connectivity index (χ0n) is 6.17. The second-order valence-electron chi connectivity index (χ2n) is 2.20. The van der Waals surface area contributed by atoms with E-state index < -0.39 is 0 Å². The van der Waals surface area contributed by atoms with Gasteiger partial charge in [-0.1, -0.05) is 11.6 Å². The van der Waals surface area contributed by atoms with E-state index in [1.807, 2.05) is 19.0 Å². The van der Waals surface area contributed by atoms with Crippen molar-refractivity contribution in [1.82, 2.24) is 9.97 Å². The van der Waals surface area contributed by atoms with Gasteiger partial charge in [-0.15, -0.1) is 0 Å². The lowest BCUT2D eigenvalue weighted by Gasteiger charge is -2.10. The van der Waals surface area contributed by atoms with E-state index in [1.165, 1.54) is 0 Å². The first kappa shape index (κ1) is 8.74. The van der Waals surface area contributed by atoms with Crippen LogP contribution in [-0.4, -0.2) is 24.1 Å². The maximum Gasteiger partial charge on any atom is 0.164 e. The maximum absolute atomic E-state index is 5.71. The molecule has 1 aromatic rings. The summed E-state index contributed by atoms with van der Waals surface area (Å²) in [4.78, 5) is 9.87. The van der Waals surface area contributed by atoms with Gasteiger partial charge >= 0.3 is 0 Å². The maximum atomic E-state index is 5.71. The molecule has 0 radical (unpaired) electrons. The third-order valence-electron chi connectivity index (χ3n) is 1.13. The molecule has 1 rings (SSSR count). The van der Waals surface area contributed by atoms with E-state index in [2.05, 4.69) is 25.9 Å². The van der Waals surface area contributed by atoms with Gasteiger partial charge in [0.1, 0.15) is 10.4 Å². The molecule has 0 aliphatic rings. The van der Waals surface area contributed by atoms with Crippen molar-refractivity contribution < 1.29 is 0 Å². The van der Waals surface area contributed by atoms with Gasteiger partial charge in [-0.3, -0.25) is 0 Å². The zero-order valence-corrected chi connectivity index (χ0v) is 8.52. The van der Waals surface area contributed by atoms with Crippen LogP contribution in [-0.2, 0) is 0 Å². The number of halogens is 2. The summed E-state index contributed by atoms with van der Waals surface area (Å²) in [7, 11) is 3.77.